The fourth-order valence-electron chi connectivity index (χ4n) is 1.22. The van der Waals surface area contributed by atoms with Gasteiger partial charge in [-0.3, -0.25) is 0 Å². The molecule has 1 rings (SSSR count). The van der Waals surface area contributed by atoms with Crippen LogP contribution < -0.4 is 15.8 Å². The maximum absolute atomic E-state index is 5.51. The standard InChI is InChI=1S/C11H18N2O/c1-9(7-12)13-8-10-5-3-4-6-11(10)14-2/h3-6,9,13H,7-8,12H2,1-2H3. The lowest BCUT2D eigenvalue weighted by atomic mass is 10.2. The quantitative estimate of drug-likeness (QED) is 0.738. The predicted octanol–water partition coefficient (Wildman–Crippen LogP) is 1.13. The molecule has 1 atom stereocenters. The van der Waals surface area contributed by atoms with Crippen molar-refractivity contribution in [1.29, 1.82) is 0 Å². The Morgan fingerprint density at radius 3 is 2.79 bits per heavy atom. The van der Waals surface area contributed by atoms with Crippen molar-refractivity contribution in [2.45, 2.75) is 19.5 Å². The minimum atomic E-state index is 0.333. The zero-order valence-corrected chi connectivity index (χ0v) is 8.79. The summed E-state index contributed by atoms with van der Waals surface area (Å²) in [4.78, 5) is 0. The third-order valence-corrected chi connectivity index (χ3v) is 2.19. The van der Waals surface area contributed by atoms with Crippen molar-refractivity contribution in [3.63, 3.8) is 0 Å². The van der Waals surface area contributed by atoms with Gasteiger partial charge in [0.25, 0.3) is 0 Å². The average molecular weight is 194 g/mol. The highest BCUT2D eigenvalue weighted by molar-refractivity contribution is 5.32. The van der Waals surface area contributed by atoms with Crippen LogP contribution in [0.5, 0.6) is 5.75 Å². The van der Waals surface area contributed by atoms with E-state index in [2.05, 4.69) is 18.3 Å². The molecule has 1 aromatic carbocycles. The van der Waals surface area contributed by atoms with Crippen LogP contribution in [0.3, 0.4) is 0 Å². The van der Waals surface area contributed by atoms with E-state index >= 15 is 0 Å². The van der Waals surface area contributed by atoms with Gasteiger partial charge >= 0.3 is 0 Å². The molecule has 0 saturated heterocycles. The highest BCUT2D eigenvalue weighted by Gasteiger charge is 2.02. The first kappa shape index (κ1) is 11.0. The fraction of sp³-hybridized carbons (Fsp3) is 0.455. The third-order valence-electron chi connectivity index (χ3n) is 2.19. The van der Waals surface area contributed by atoms with Gasteiger partial charge in [0, 0.05) is 24.7 Å². The number of hydrogen-bond acceptors (Lipinski definition) is 3. The van der Waals surface area contributed by atoms with Gasteiger partial charge in [0.2, 0.25) is 0 Å². The maximum Gasteiger partial charge on any atom is 0.123 e. The molecular weight excluding hydrogens is 176 g/mol. The van der Waals surface area contributed by atoms with Gasteiger partial charge < -0.3 is 15.8 Å². The van der Waals surface area contributed by atoms with Crippen molar-refractivity contribution < 1.29 is 4.74 Å². The van der Waals surface area contributed by atoms with Gasteiger partial charge in [-0.25, -0.2) is 0 Å². The summed E-state index contributed by atoms with van der Waals surface area (Å²) in [5.74, 6) is 0.921. The van der Waals surface area contributed by atoms with Crippen molar-refractivity contribution in [1.82, 2.24) is 5.32 Å². The van der Waals surface area contributed by atoms with Crippen LogP contribution in [-0.2, 0) is 6.54 Å². The normalized spacial score (nSPS) is 12.5. The lowest BCUT2D eigenvalue weighted by Crippen LogP contribution is -2.32. The first-order valence-corrected chi connectivity index (χ1v) is 4.83. The molecule has 0 aromatic heterocycles. The van der Waals surface area contributed by atoms with Crippen LogP contribution in [-0.4, -0.2) is 19.7 Å². The van der Waals surface area contributed by atoms with Gasteiger partial charge in [0.05, 0.1) is 7.11 Å². The van der Waals surface area contributed by atoms with E-state index in [1.165, 1.54) is 0 Å². The van der Waals surface area contributed by atoms with Crippen molar-refractivity contribution in [2.24, 2.45) is 5.73 Å². The molecule has 0 aliphatic rings. The van der Waals surface area contributed by atoms with Crippen LogP contribution in [0, 0.1) is 0 Å². The van der Waals surface area contributed by atoms with Crippen molar-refractivity contribution in [2.75, 3.05) is 13.7 Å². The largest absolute Gasteiger partial charge is 0.496 e. The van der Waals surface area contributed by atoms with Crippen LogP contribution in [0.25, 0.3) is 0 Å². The number of para-hydroxylation sites is 1. The predicted molar refractivity (Wildman–Crippen MR) is 58.4 cm³/mol. The Bertz CT molecular complexity index is 276. The molecule has 14 heavy (non-hydrogen) atoms. The van der Waals surface area contributed by atoms with Crippen molar-refractivity contribution >= 4 is 0 Å². The molecule has 0 radical (unpaired) electrons. The Hall–Kier alpha value is -1.06. The number of nitrogens with one attached hydrogen (secondary N) is 1. The second-order valence-corrected chi connectivity index (χ2v) is 3.33. The van der Waals surface area contributed by atoms with E-state index in [0.29, 0.717) is 12.6 Å². The summed E-state index contributed by atoms with van der Waals surface area (Å²) >= 11 is 0. The smallest absolute Gasteiger partial charge is 0.123 e. The minimum absolute atomic E-state index is 0.333. The molecule has 0 bridgehead atoms. The zero-order valence-electron chi connectivity index (χ0n) is 8.79. The van der Waals surface area contributed by atoms with Gasteiger partial charge in [-0.1, -0.05) is 18.2 Å². The molecule has 1 aromatic rings. The molecule has 0 aliphatic heterocycles. The number of methoxy groups -OCH3 is 1. The molecule has 0 spiro atoms. The van der Waals surface area contributed by atoms with Crippen LogP contribution in [0.1, 0.15) is 12.5 Å². The second-order valence-electron chi connectivity index (χ2n) is 3.33. The van der Waals surface area contributed by atoms with E-state index in [1.807, 2.05) is 18.2 Å². The molecule has 0 fully saturated rings. The summed E-state index contributed by atoms with van der Waals surface area (Å²) in [6, 6.07) is 8.32. The molecular formula is C11H18N2O. The summed E-state index contributed by atoms with van der Waals surface area (Å²) < 4.78 is 5.24. The van der Waals surface area contributed by atoms with E-state index in [9.17, 15) is 0 Å². The summed E-state index contributed by atoms with van der Waals surface area (Å²) in [7, 11) is 1.69. The molecule has 3 nitrogen and oxygen atoms in total. The number of ether oxygens (including phenoxy) is 1. The van der Waals surface area contributed by atoms with Crippen LogP contribution in [0.15, 0.2) is 24.3 Å². The van der Waals surface area contributed by atoms with Crippen molar-refractivity contribution in [3.05, 3.63) is 29.8 Å². The summed E-state index contributed by atoms with van der Waals surface area (Å²) in [6.45, 7) is 3.51. The van der Waals surface area contributed by atoms with Crippen LogP contribution >= 0.6 is 0 Å². The zero-order chi connectivity index (χ0) is 10.4. The molecule has 3 N–H and O–H groups in total. The molecule has 1 unspecified atom stereocenters. The summed E-state index contributed by atoms with van der Waals surface area (Å²) in [5, 5.41) is 3.32. The van der Waals surface area contributed by atoms with E-state index < -0.39 is 0 Å². The second kappa shape index (κ2) is 5.62. The minimum Gasteiger partial charge on any atom is -0.496 e. The van der Waals surface area contributed by atoms with E-state index in [0.717, 1.165) is 17.9 Å². The first-order chi connectivity index (χ1) is 6.77. The van der Waals surface area contributed by atoms with Crippen molar-refractivity contribution in [3.8, 4) is 5.75 Å². The first-order valence-electron chi connectivity index (χ1n) is 4.83. The maximum atomic E-state index is 5.51. The Morgan fingerprint density at radius 1 is 1.43 bits per heavy atom. The monoisotopic (exact) mass is 194 g/mol. The fourth-order valence-corrected chi connectivity index (χ4v) is 1.22. The highest BCUT2D eigenvalue weighted by Crippen LogP contribution is 2.16. The Morgan fingerprint density at radius 2 is 2.14 bits per heavy atom. The molecule has 0 aliphatic carbocycles. The number of nitrogens with two attached hydrogens (primary N) is 1. The number of benzene rings is 1. The SMILES string of the molecule is COc1ccccc1CNC(C)CN. The topological polar surface area (TPSA) is 47.3 Å². The molecule has 3 heteroatoms. The van der Waals surface area contributed by atoms with Crippen LogP contribution in [0.4, 0.5) is 0 Å². The Labute approximate surface area is 85.3 Å². The third kappa shape index (κ3) is 3.01. The molecule has 0 amide bonds. The molecule has 0 saturated carbocycles. The summed E-state index contributed by atoms with van der Waals surface area (Å²) in [5.41, 5.74) is 6.68. The van der Waals surface area contributed by atoms with E-state index in [1.54, 1.807) is 7.11 Å². The van der Waals surface area contributed by atoms with Gasteiger partial charge in [0.15, 0.2) is 0 Å². The average Bonchev–Trinajstić information content (AvgIpc) is 2.26. The van der Waals surface area contributed by atoms with Gasteiger partial charge in [-0.15, -0.1) is 0 Å². The summed E-state index contributed by atoms with van der Waals surface area (Å²) in [6.07, 6.45) is 0. The van der Waals surface area contributed by atoms with Gasteiger partial charge in [0.1, 0.15) is 5.75 Å². The number of rotatable bonds is 5. The highest BCUT2D eigenvalue weighted by atomic mass is 16.5. The van der Waals surface area contributed by atoms with Gasteiger partial charge in [-0.05, 0) is 13.0 Å². The van der Waals surface area contributed by atoms with E-state index in [4.69, 9.17) is 10.5 Å². The van der Waals surface area contributed by atoms with Gasteiger partial charge in [-0.2, -0.15) is 0 Å². The molecule has 0 heterocycles. The van der Waals surface area contributed by atoms with E-state index in [-0.39, 0.29) is 0 Å². The van der Waals surface area contributed by atoms with Crippen LogP contribution in [0.2, 0.25) is 0 Å². The Balaban J connectivity index is 2.57. The lowest BCUT2D eigenvalue weighted by molar-refractivity contribution is 0.406. The molecule has 78 valence electrons. The lowest BCUT2D eigenvalue weighted by Gasteiger charge is -2.13. The number of hydrogen-bond donors (Lipinski definition) is 2. The Kier molecular flexibility index (Phi) is 4.43.